The van der Waals surface area contributed by atoms with Crippen molar-refractivity contribution in [2.75, 3.05) is 44.7 Å². The van der Waals surface area contributed by atoms with Gasteiger partial charge in [0, 0.05) is 52.2 Å². The summed E-state index contributed by atoms with van der Waals surface area (Å²) in [6, 6.07) is 14.3. The molecule has 5 N–H and O–H groups in total. The van der Waals surface area contributed by atoms with E-state index in [1.54, 1.807) is 12.1 Å². The van der Waals surface area contributed by atoms with Gasteiger partial charge in [-0.3, -0.25) is 10.1 Å². The van der Waals surface area contributed by atoms with Gasteiger partial charge in [0.05, 0.1) is 18.2 Å². The van der Waals surface area contributed by atoms with Gasteiger partial charge in [0.1, 0.15) is 24.1 Å². The third-order valence-corrected chi connectivity index (χ3v) is 9.08. The molecule has 3 aromatic rings. The Morgan fingerprint density at radius 1 is 1.09 bits per heavy atom. The Labute approximate surface area is 278 Å². The van der Waals surface area contributed by atoms with E-state index in [0.717, 1.165) is 58.3 Å². The lowest BCUT2D eigenvalue weighted by Crippen LogP contribution is -2.39. The number of aliphatic hydroxyl groups is 1. The number of ether oxygens (including phenoxy) is 2. The number of aliphatic hydroxyl groups excluding tert-OH is 1. The normalized spacial score (nSPS) is 13.9. The molecule has 11 heteroatoms. The molecule has 0 saturated carbocycles. The number of anilines is 1. The van der Waals surface area contributed by atoms with Crippen LogP contribution in [0, 0.1) is 5.41 Å². The van der Waals surface area contributed by atoms with E-state index < -0.39 is 18.6 Å². The summed E-state index contributed by atoms with van der Waals surface area (Å²) >= 11 is 10.4. The van der Waals surface area contributed by atoms with Crippen molar-refractivity contribution in [3.8, 4) is 22.6 Å². The number of hydrogen-bond donors (Lipinski definition) is 5. The average molecular weight is 702 g/mol. The zero-order valence-corrected chi connectivity index (χ0v) is 27.9. The van der Waals surface area contributed by atoms with Crippen LogP contribution in [0.15, 0.2) is 53.0 Å². The van der Waals surface area contributed by atoms with E-state index in [-0.39, 0.29) is 13.2 Å². The smallest absolute Gasteiger partial charge is 0.323 e. The van der Waals surface area contributed by atoms with Crippen LogP contribution < -0.4 is 20.1 Å². The van der Waals surface area contributed by atoms with Crippen molar-refractivity contribution in [1.29, 1.82) is 5.41 Å². The molecule has 0 bridgehead atoms. The number of halogens is 2. The van der Waals surface area contributed by atoms with Crippen LogP contribution in [-0.4, -0.2) is 72.7 Å². The van der Waals surface area contributed by atoms with Crippen LogP contribution in [0.5, 0.6) is 11.5 Å². The van der Waals surface area contributed by atoms with Crippen molar-refractivity contribution < 1.29 is 24.5 Å². The number of hydrogen-bond acceptors (Lipinski definition) is 8. The summed E-state index contributed by atoms with van der Waals surface area (Å²) in [5.41, 5.74) is 5.21. The second kappa shape index (κ2) is 17.5. The summed E-state index contributed by atoms with van der Waals surface area (Å²) in [5.74, 6) is -0.210. The SMILES string of the molecule is CCOc1cc(OCc2cccc(-c3cccc(NCCCCN4CCCC4)c3C=N)c2Br)c(Cl)cc1CNC(CO)C(=O)O. The molecule has 45 heavy (non-hydrogen) atoms. The Hall–Kier alpha value is -3.15. The maximum Gasteiger partial charge on any atom is 0.323 e. The summed E-state index contributed by atoms with van der Waals surface area (Å²) in [6.07, 6.45) is 6.27. The fourth-order valence-corrected chi connectivity index (χ4v) is 6.27. The minimum atomic E-state index is -1.15. The Balaban J connectivity index is 1.46. The predicted molar refractivity (Wildman–Crippen MR) is 183 cm³/mol. The molecule has 0 spiro atoms. The molecule has 1 fully saturated rings. The van der Waals surface area contributed by atoms with Crippen molar-refractivity contribution in [1.82, 2.24) is 10.2 Å². The zero-order chi connectivity index (χ0) is 32.2. The maximum atomic E-state index is 11.3. The van der Waals surface area contributed by atoms with Crippen LogP contribution in [0.4, 0.5) is 5.69 Å². The van der Waals surface area contributed by atoms with Crippen molar-refractivity contribution in [3.63, 3.8) is 0 Å². The molecule has 1 aliphatic rings. The van der Waals surface area contributed by atoms with Gasteiger partial charge in [-0.15, -0.1) is 0 Å². The topological polar surface area (TPSA) is 127 Å². The van der Waals surface area contributed by atoms with Crippen LogP contribution in [0.2, 0.25) is 5.02 Å². The molecule has 1 aliphatic heterocycles. The summed E-state index contributed by atoms with van der Waals surface area (Å²) in [7, 11) is 0. The van der Waals surface area contributed by atoms with Crippen molar-refractivity contribution in [3.05, 3.63) is 74.7 Å². The Morgan fingerprint density at radius 3 is 2.56 bits per heavy atom. The van der Waals surface area contributed by atoms with Crippen molar-refractivity contribution >= 4 is 45.4 Å². The van der Waals surface area contributed by atoms with E-state index in [1.165, 1.54) is 32.1 Å². The largest absolute Gasteiger partial charge is 0.493 e. The molecule has 0 aliphatic carbocycles. The van der Waals surface area contributed by atoms with Crippen molar-refractivity contribution in [2.24, 2.45) is 0 Å². The number of carbonyl (C=O) groups is 1. The van der Waals surface area contributed by atoms with Gasteiger partial charge in [0.15, 0.2) is 0 Å². The third-order valence-electron chi connectivity index (χ3n) is 7.85. The quantitative estimate of drug-likeness (QED) is 0.0745. The minimum absolute atomic E-state index is 0.141. The molecule has 1 atom stereocenters. The summed E-state index contributed by atoms with van der Waals surface area (Å²) in [4.78, 5) is 13.8. The van der Waals surface area contributed by atoms with E-state index >= 15 is 0 Å². The van der Waals surface area contributed by atoms with Crippen LogP contribution in [-0.2, 0) is 17.9 Å². The molecule has 1 heterocycles. The standard InChI is InChI=1S/C34H42BrClN4O5/c1-2-44-31-18-32(28(36)17-24(31)20-39-30(21-41)34(42)43)45-22-23-9-7-11-26(33(23)35)25-10-8-12-29(27(25)19-37)38-13-3-4-14-40-15-5-6-16-40/h7-12,17-19,30,37-39,41H,2-6,13-16,20-22H2,1H3,(H,42,43). The lowest BCUT2D eigenvalue weighted by atomic mass is 9.97. The van der Waals surface area contributed by atoms with Crippen LogP contribution in [0.1, 0.15) is 49.3 Å². The van der Waals surface area contributed by atoms with Crippen LogP contribution >= 0.6 is 27.5 Å². The highest BCUT2D eigenvalue weighted by Gasteiger charge is 2.19. The van der Waals surface area contributed by atoms with Gasteiger partial charge in [-0.25, -0.2) is 0 Å². The highest BCUT2D eigenvalue weighted by molar-refractivity contribution is 9.10. The molecule has 9 nitrogen and oxygen atoms in total. The molecular formula is C34H42BrClN4O5. The molecule has 3 aromatic carbocycles. The zero-order valence-electron chi connectivity index (χ0n) is 25.6. The second-order valence-electron chi connectivity index (χ2n) is 10.9. The molecule has 1 unspecified atom stereocenters. The first-order valence-corrected chi connectivity index (χ1v) is 16.6. The molecule has 0 radical (unpaired) electrons. The Bertz CT molecular complexity index is 1450. The molecular weight excluding hydrogens is 660 g/mol. The lowest BCUT2D eigenvalue weighted by molar-refractivity contribution is -0.140. The van der Waals surface area contributed by atoms with E-state index in [0.29, 0.717) is 28.7 Å². The number of rotatable bonds is 18. The van der Waals surface area contributed by atoms with E-state index in [2.05, 4.69) is 31.5 Å². The number of unbranched alkanes of at least 4 members (excludes halogenated alkanes) is 1. The summed E-state index contributed by atoms with van der Waals surface area (Å²) in [5, 5.41) is 33.5. The Morgan fingerprint density at radius 2 is 1.84 bits per heavy atom. The number of nitrogens with one attached hydrogen (secondary N) is 3. The molecule has 0 aromatic heterocycles. The number of nitrogens with zero attached hydrogens (tertiary/aromatic N) is 1. The number of benzene rings is 3. The van der Waals surface area contributed by atoms with Gasteiger partial charge in [0.25, 0.3) is 0 Å². The molecule has 1 saturated heterocycles. The highest BCUT2D eigenvalue weighted by Crippen LogP contribution is 2.37. The first-order valence-electron chi connectivity index (χ1n) is 15.4. The van der Waals surface area contributed by atoms with Gasteiger partial charge in [-0.1, -0.05) is 41.9 Å². The second-order valence-corrected chi connectivity index (χ2v) is 12.1. The number of likely N-dealkylation sites (tertiary alicyclic amines) is 1. The lowest BCUT2D eigenvalue weighted by Gasteiger charge is -2.18. The maximum absolute atomic E-state index is 11.3. The minimum Gasteiger partial charge on any atom is -0.493 e. The van der Waals surface area contributed by atoms with Crippen LogP contribution in [0.3, 0.4) is 0 Å². The molecule has 242 valence electrons. The number of aliphatic carboxylic acids is 1. The third kappa shape index (κ3) is 9.43. The summed E-state index contributed by atoms with van der Waals surface area (Å²) in [6.45, 7) is 6.52. The fourth-order valence-electron chi connectivity index (χ4n) is 5.43. The average Bonchev–Trinajstić information content (AvgIpc) is 3.55. The first-order chi connectivity index (χ1) is 21.9. The number of carboxylic acids is 1. The van der Waals surface area contributed by atoms with Gasteiger partial charge in [-0.2, -0.15) is 0 Å². The number of carboxylic acid groups (broad SMARTS) is 1. The van der Waals surface area contributed by atoms with E-state index in [4.69, 9.17) is 26.5 Å². The van der Waals surface area contributed by atoms with Gasteiger partial charge in [-0.05, 0) is 91.4 Å². The molecule has 0 amide bonds. The van der Waals surface area contributed by atoms with Gasteiger partial charge < -0.3 is 35.3 Å². The monoisotopic (exact) mass is 700 g/mol. The Kier molecular flexibility index (Phi) is 13.5. The van der Waals surface area contributed by atoms with Crippen LogP contribution in [0.25, 0.3) is 11.1 Å². The first kappa shape index (κ1) is 34.7. The van der Waals surface area contributed by atoms with E-state index in [1.807, 2.05) is 43.3 Å². The predicted octanol–water partition coefficient (Wildman–Crippen LogP) is 6.57. The van der Waals surface area contributed by atoms with E-state index in [9.17, 15) is 15.0 Å². The highest BCUT2D eigenvalue weighted by atomic mass is 79.9. The van der Waals surface area contributed by atoms with Crippen molar-refractivity contribution in [2.45, 2.75) is 51.8 Å². The van der Waals surface area contributed by atoms with Gasteiger partial charge in [0.2, 0.25) is 0 Å². The van der Waals surface area contributed by atoms with Gasteiger partial charge >= 0.3 is 5.97 Å². The summed E-state index contributed by atoms with van der Waals surface area (Å²) < 4.78 is 12.8. The molecule has 4 rings (SSSR count). The fraction of sp³-hybridized carbons (Fsp3) is 0.412.